The third-order valence-electron chi connectivity index (χ3n) is 3.34. The molecule has 0 spiro atoms. The van der Waals surface area contributed by atoms with Crippen LogP contribution in [-0.4, -0.2) is 29.4 Å². The van der Waals surface area contributed by atoms with E-state index in [1.165, 1.54) is 12.8 Å². The number of rotatable bonds is 3. The predicted molar refractivity (Wildman–Crippen MR) is 72.3 cm³/mol. The SMILES string of the molecule is CNc1cccc(CN2CCCCCCC2=O)n1. The smallest absolute Gasteiger partial charge is 0.222 e. The molecule has 1 saturated heterocycles. The first-order valence-electron chi connectivity index (χ1n) is 6.71. The van der Waals surface area contributed by atoms with Crippen molar-refractivity contribution in [1.82, 2.24) is 9.88 Å². The summed E-state index contributed by atoms with van der Waals surface area (Å²) in [5.74, 6) is 1.12. The van der Waals surface area contributed by atoms with Gasteiger partial charge in [0, 0.05) is 20.0 Å². The molecule has 98 valence electrons. The van der Waals surface area contributed by atoms with Gasteiger partial charge in [-0.2, -0.15) is 0 Å². The fraction of sp³-hybridized carbons (Fsp3) is 0.571. The highest BCUT2D eigenvalue weighted by Crippen LogP contribution is 2.14. The Kier molecular flexibility index (Phi) is 4.56. The van der Waals surface area contributed by atoms with E-state index in [0.717, 1.165) is 30.9 Å². The number of pyridine rings is 1. The first kappa shape index (κ1) is 12.9. The number of anilines is 1. The van der Waals surface area contributed by atoms with Crippen LogP contribution < -0.4 is 5.32 Å². The van der Waals surface area contributed by atoms with Crippen LogP contribution in [0.25, 0.3) is 0 Å². The third-order valence-corrected chi connectivity index (χ3v) is 3.34. The summed E-state index contributed by atoms with van der Waals surface area (Å²) in [6.07, 6.45) is 5.24. The van der Waals surface area contributed by atoms with Crippen molar-refractivity contribution in [3.8, 4) is 0 Å². The lowest BCUT2D eigenvalue weighted by molar-refractivity contribution is -0.132. The van der Waals surface area contributed by atoms with Crippen LogP contribution in [0.5, 0.6) is 0 Å². The summed E-state index contributed by atoms with van der Waals surface area (Å²) in [7, 11) is 1.85. The molecule has 0 atom stereocenters. The molecule has 1 amide bonds. The summed E-state index contributed by atoms with van der Waals surface area (Å²) in [5, 5.41) is 3.02. The van der Waals surface area contributed by atoms with Crippen molar-refractivity contribution in [2.45, 2.75) is 38.6 Å². The van der Waals surface area contributed by atoms with E-state index >= 15 is 0 Å². The van der Waals surface area contributed by atoms with Gasteiger partial charge in [-0.3, -0.25) is 4.79 Å². The van der Waals surface area contributed by atoms with E-state index in [0.29, 0.717) is 13.0 Å². The maximum absolute atomic E-state index is 12.0. The molecule has 1 fully saturated rings. The average Bonchev–Trinajstić information content (AvgIpc) is 2.39. The molecule has 1 N–H and O–H groups in total. The number of carbonyl (C=O) groups excluding carboxylic acids is 1. The quantitative estimate of drug-likeness (QED) is 0.892. The molecule has 18 heavy (non-hydrogen) atoms. The van der Waals surface area contributed by atoms with Crippen LogP contribution in [0.4, 0.5) is 5.82 Å². The van der Waals surface area contributed by atoms with Crippen molar-refractivity contribution >= 4 is 11.7 Å². The normalized spacial score (nSPS) is 17.2. The minimum absolute atomic E-state index is 0.270. The summed E-state index contributed by atoms with van der Waals surface area (Å²) in [6, 6.07) is 5.88. The van der Waals surface area contributed by atoms with Gasteiger partial charge in [0.15, 0.2) is 0 Å². The van der Waals surface area contributed by atoms with Crippen molar-refractivity contribution in [3.05, 3.63) is 23.9 Å². The maximum atomic E-state index is 12.0. The lowest BCUT2D eigenvalue weighted by atomic mass is 10.1. The zero-order chi connectivity index (χ0) is 12.8. The van der Waals surface area contributed by atoms with Crippen LogP contribution in [0.2, 0.25) is 0 Å². The highest BCUT2D eigenvalue weighted by Gasteiger charge is 2.16. The molecule has 0 bridgehead atoms. The van der Waals surface area contributed by atoms with E-state index in [-0.39, 0.29) is 5.91 Å². The largest absolute Gasteiger partial charge is 0.373 e. The molecule has 1 aromatic heterocycles. The van der Waals surface area contributed by atoms with Gasteiger partial charge in [0.2, 0.25) is 5.91 Å². The Hall–Kier alpha value is -1.58. The minimum atomic E-state index is 0.270. The van der Waals surface area contributed by atoms with Crippen LogP contribution in [0.3, 0.4) is 0 Å². The van der Waals surface area contributed by atoms with Gasteiger partial charge in [-0.1, -0.05) is 18.9 Å². The fourth-order valence-electron chi connectivity index (χ4n) is 2.28. The van der Waals surface area contributed by atoms with Crippen molar-refractivity contribution < 1.29 is 4.79 Å². The van der Waals surface area contributed by atoms with Gasteiger partial charge in [0.05, 0.1) is 12.2 Å². The van der Waals surface area contributed by atoms with Gasteiger partial charge >= 0.3 is 0 Å². The molecule has 2 heterocycles. The molecule has 1 aliphatic heterocycles. The zero-order valence-corrected chi connectivity index (χ0v) is 11.0. The number of aromatic nitrogens is 1. The summed E-state index contributed by atoms with van der Waals surface area (Å²) < 4.78 is 0. The van der Waals surface area contributed by atoms with Gasteiger partial charge in [-0.25, -0.2) is 4.98 Å². The highest BCUT2D eigenvalue weighted by atomic mass is 16.2. The van der Waals surface area contributed by atoms with Crippen molar-refractivity contribution in [2.75, 3.05) is 18.9 Å². The lowest BCUT2D eigenvalue weighted by Gasteiger charge is -2.24. The summed E-state index contributed by atoms with van der Waals surface area (Å²) >= 11 is 0. The summed E-state index contributed by atoms with van der Waals surface area (Å²) in [5.41, 5.74) is 0.954. The lowest BCUT2D eigenvalue weighted by Crippen LogP contribution is -2.32. The molecule has 1 aliphatic rings. The number of amides is 1. The van der Waals surface area contributed by atoms with Crippen molar-refractivity contribution in [1.29, 1.82) is 0 Å². The standard InChI is InChI=1S/C14H21N3O/c1-15-13-8-6-7-12(16-13)11-17-10-5-3-2-4-9-14(17)18/h6-8H,2-5,9-11H2,1H3,(H,15,16). The second kappa shape index (κ2) is 6.38. The predicted octanol–water partition coefficient (Wildman–Crippen LogP) is 2.42. The molecule has 1 aromatic rings. The van der Waals surface area contributed by atoms with Crippen LogP contribution >= 0.6 is 0 Å². The molecule has 4 heteroatoms. The van der Waals surface area contributed by atoms with E-state index in [1.54, 1.807) is 0 Å². The number of carbonyl (C=O) groups is 1. The monoisotopic (exact) mass is 247 g/mol. The van der Waals surface area contributed by atoms with Crippen LogP contribution in [0.1, 0.15) is 37.8 Å². The topological polar surface area (TPSA) is 45.2 Å². The molecular formula is C14H21N3O. The second-order valence-electron chi connectivity index (χ2n) is 4.74. The Balaban J connectivity index is 2.03. The highest BCUT2D eigenvalue weighted by molar-refractivity contribution is 5.76. The number of nitrogens with zero attached hydrogens (tertiary/aromatic N) is 2. The third kappa shape index (κ3) is 3.45. The van der Waals surface area contributed by atoms with E-state index in [4.69, 9.17) is 0 Å². The van der Waals surface area contributed by atoms with Gasteiger partial charge < -0.3 is 10.2 Å². The minimum Gasteiger partial charge on any atom is -0.373 e. The molecule has 0 aromatic carbocycles. The molecule has 0 unspecified atom stereocenters. The van der Waals surface area contributed by atoms with Gasteiger partial charge in [-0.15, -0.1) is 0 Å². The molecule has 0 aliphatic carbocycles. The fourth-order valence-corrected chi connectivity index (χ4v) is 2.28. The average molecular weight is 247 g/mol. The van der Waals surface area contributed by atoms with Crippen LogP contribution in [-0.2, 0) is 11.3 Å². The van der Waals surface area contributed by atoms with Gasteiger partial charge in [0.25, 0.3) is 0 Å². The van der Waals surface area contributed by atoms with Crippen LogP contribution in [0.15, 0.2) is 18.2 Å². The Labute approximate surface area is 108 Å². The van der Waals surface area contributed by atoms with E-state index in [9.17, 15) is 4.79 Å². The Morgan fingerprint density at radius 1 is 1.28 bits per heavy atom. The number of hydrogen-bond donors (Lipinski definition) is 1. The molecule has 0 radical (unpaired) electrons. The number of likely N-dealkylation sites (tertiary alicyclic amines) is 1. The van der Waals surface area contributed by atoms with Gasteiger partial charge in [-0.05, 0) is 25.0 Å². The van der Waals surface area contributed by atoms with E-state index < -0.39 is 0 Å². The Morgan fingerprint density at radius 2 is 2.11 bits per heavy atom. The zero-order valence-electron chi connectivity index (χ0n) is 11.0. The van der Waals surface area contributed by atoms with E-state index in [1.807, 2.05) is 30.1 Å². The van der Waals surface area contributed by atoms with Crippen LogP contribution in [0, 0.1) is 0 Å². The summed E-state index contributed by atoms with van der Waals surface area (Å²) in [6.45, 7) is 1.50. The molecule has 0 saturated carbocycles. The second-order valence-corrected chi connectivity index (χ2v) is 4.74. The summed E-state index contributed by atoms with van der Waals surface area (Å²) in [4.78, 5) is 18.4. The maximum Gasteiger partial charge on any atom is 0.222 e. The number of hydrogen-bond acceptors (Lipinski definition) is 3. The Morgan fingerprint density at radius 3 is 2.94 bits per heavy atom. The van der Waals surface area contributed by atoms with Gasteiger partial charge in [0.1, 0.15) is 5.82 Å². The molecule has 4 nitrogen and oxygen atoms in total. The first-order chi connectivity index (χ1) is 8.79. The van der Waals surface area contributed by atoms with Crippen molar-refractivity contribution in [3.63, 3.8) is 0 Å². The van der Waals surface area contributed by atoms with E-state index in [2.05, 4.69) is 10.3 Å². The first-order valence-corrected chi connectivity index (χ1v) is 6.71. The Bertz CT molecular complexity index is 406. The van der Waals surface area contributed by atoms with Crippen molar-refractivity contribution in [2.24, 2.45) is 0 Å². The molecular weight excluding hydrogens is 226 g/mol. The molecule has 2 rings (SSSR count). The number of nitrogens with one attached hydrogen (secondary N) is 1.